The minimum absolute atomic E-state index is 0. The van der Waals surface area contributed by atoms with Gasteiger partial charge in [0.1, 0.15) is 0 Å². The van der Waals surface area contributed by atoms with Crippen LogP contribution < -0.4 is 0 Å². The number of aryl methyl sites for hydroxylation is 1. The smallest absolute Gasteiger partial charge is 0 e. The zero-order valence-electron chi connectivity index (χ0n) is 12.7. The maximum absolute atomic E-state index is 3.15. The van der Waals surface area contributed by atoms with E-state index in [0.29, 0.717) is 0 Å². The van der Waals surface area contributed by atoms with E-state index in [0.717, 1.165) is 0 Å². The third-order valence-corrected chi connectivity index (χ3v) is 1.76. The molecule has 0 nitrogen and oxygen atoms in total. The van der Waals surface area contributed by atoms with E-state index < -0.39 is 0 Å². The monoisotopic (exact) mass is 1120 g/mol. The maximum Gasteiger partial charge on any atom is 0 e. The van der Waals surface area contributed by atoms with E-state index in [1.54, 1.807) is 0 Å². The van der Waals surface area contributed by atoms with Crippen molar-refractivity contribution in [3.63, 3.8) is 0 Å². The van der Waals surface area contributed by atoms with E-state index in [2.05, 4.69) is 31.2 Å². The summed E-state index contributed by atoms with van der Waals surface area (Å²) in [6.07, 6.45) is 0. The van der Waals surface area contributed by atoms with Gasteiger partial charge >= 0.3 is 0 Å². The van der Waals surface area contributed by atoms with Crippen molar-refractivity contribution in [2.75, 3.05) is 0 Å². The first-order valence-corrected chi connectivity index (χ1v) is 3.64. The first kappa shape index (κ1) is 63.8. The number of hydrogen-bond donors (Lipinski definition) is 0. The van der Waals surface area contributed by atoms with Crippen molar-refractivity contribution in [2.45, 2.75) is 6.92 Å². The van der Waals surface area contributed by atoms with E-state index in [9.17, 15) is 0 Å². The fraction of sp³-hybridized carbons (Fsp3) is 0.0909. The minimum Gasteiger partial charge on any atom is -0.185 e. The molecule has 0 atom stereocenters. The SMILES string of the molecule is Cc1[c-]cc2c[c-]ccc2c1.[Y].[Y].[Y].[Y].[Y].[Y].[Y].[Y].[Y].[Y].[Y]. The van der Waals surface area contributed by atoms with Crippen molar-refractivity contribution in [3.8, 4) is 0 Å². The molecular weight excluding hydrogens is 1110 g/mol. The third kappa shape index (κ3) is 28.9. The van der Waals surface area contributed by atoms with Crippen LogP contribution in [0, 0.1) is 19.1 Å². The van der Waals surface area contributed by atoms with Crippen molar-refractivity contribution in [1.29, 1.82) is 0 Å². The zero-order valence-corrected chi connectivity index (χ0v) is 44.0. The standard InChI is InChI=1S/C11H8.11Y/c1-9-6-7-10-4-2-3-5-11(10)8-9;;;;;;;;;;;/h3-5,7-8H,1H3;;;;;;;;;;;/q-2;;;;;;;;;;;. The maximum atomic E-state index is 3.15. The molecule has 0 spiro atoms. The van der Waals surface area contributed by atoms with E-state index in [1.165, 1.54) is 16.3 Å². The third-order valence-electron chi connectivity index (χ3n) is 1.76. The molecule has 11 radical (unpaired) electrons. The molecule has 0 saturated heterocycles. The van der Waals surface area contributed by atoms with Crippen LogP contribution in [0.15, 0.2) is 30.3 Å². The first-order valence-electron chi connectivity index (χ1n) is 3.64. The van der Waals surface area contributed by atoms with Gasteiger partial charge in [0.2, 0.25) is 0 Å². The van der Waals surface area contributed by atoms with Crippen LogP contribution in [0.1, 0.15) is 5.56 Å². The zero-order chi connectivity index (χ0) is 7.68. The van der Waals surface area contributed by atoms with Gasteiger partial charge in [0.15, 0.2) is 0 Å². The van der Waals surface area contributed by atoms with Gasteiger partial charge in [-0.05, 0) is 0 Å². The Labute approximate surface area is 412 Å². The molecule has 0 aliphatic carbocycles. The van der Waals surface area contributed by atoms with Gasteiger partial charge in [0.25, 0.3) is 0 Å². The first-order chi connectivity index (χ1) is 5.36. The summed E-state index contributed by atoms with van der Waals surface area (Å²) in [6.45, 7) is 2.05. The van der Waals surface area contributed by atoms with Crippen molar-refractivity contribution in [1.82, 2.24) is 0 Å². The molecule has 87 valence electrons. The summed E-state index contributed by atoms with van der Waals surface area (Å²) < 4.78 is 0. The second-order valence-electron chi connectivity index (χ2n) is 2.67. The Balaban J connectivity index is -0.0000000164. The molecule has 0 bridgehead atoms. The van der Waals surface area contributed by atoms with Crippen molar-refractivity contribution < 1.29 is 360 Å². The Hall–Kier alpha value is 10.8. The van der Waals surface area contributed by atoms with E-state index in [4.69, 9.17) is 0 Å². The van der Waals surface area contributed by atoms with Crippen LogP contribution in [0.2, 0.25) is 0 Å². The fourth-order valence-electron chi connectivity index (χ4n) is 1.18. The van der Waals surface area contributed by atoms with Gasteiger partial charge in [-0.1, -0.05) is 6.92 Å². The van der Waals surface area contributed by atoms with Gasteiger partial charge in [-0.2, -0.15) is 58.8 Å². The number of fused-ring (bicyclic) bond motifs is 1. The molecule has 0 N–H and O–H groups in total. The molecule has 2 aromatic carbocycles. The molecule has 0 heterocycles. The summed E-state index contributed by atoms with van der Waals surface area (Å²) in [7, 11) is 0. The minimum atomic E-state index is 0. The normalized spacial score (nSPS) is 5.14. The second kappa shape index (κ2) is 42.0. The average molecular weight is 1120 g/mol. The van der Waals surface area contributed by atoms with E-state index in [1.807, 2.05) is 18.2 Å². The molecule has 11 heteroatoms. The fourth-order valence-corrected chi connectivity index (χ4v) is 1.18. The number of hydrogen-bond acceptors (Lipinski definition) is 0. The topological polar surface area (TPSA) is 0 Å². The molecule has 2 rings (SSSR count). The molecular formula is C11H8Y11-2. The Morgan fingerprint density at radius 3 is 1.55 bits per heavy atom. The van der Waals surface area contributed by atoms with Gasteiger partial charge in [-0.25, -0.2) is 0 Å². The summed E-state index contributed by atoms with van der Waals surface area (Å²) in [6, 6.07) is 16.3. The van der Waals surface area contributed by atoms with Gasteiger partial charge < -0.3 is 0 Å². The van der Waals surface area contributed by atoms with Crippen LogP contribution in [-0.4, -0.2) is 0 Å². The van der Waals surface area contributed by atoms with Gasteiger partial charge in [0.05, 0.1) is 0 Å². The summed E-state index contributed by atoms with van der Waals surface area (Å²) in [5.74, 6) is 0. The predicted molar refractivity (Wildman–Crippen MR) is 46.4 cm³/mol. The van der Waals surface area contributed by atoms with Crippen LogP contribution >= 0.6 is 0 Å². The molecule has 0 saturated carbocycles. The molecule has 0 aliphatic rings. The Morgan fingerprint density at radius 2 is 1.09 bits per heavy atom. The molecule has 0 aromatic heterocycles. The second-order valence-corrected chi connectivity index (χ2v) is 2.67. The molecule has 2 aromatic rings. The van der Waals surface area contributed by atoms with Crippen molar-refractivity contribution in [2.24, 2.45) is 0 Å². The van der Waals surface area contributed by atoms with Crippen molar-refractivity contribution >= 4 is 10.8 Å². The Morgan fingerprint density at radius 1 is 0.636 bits per heavy atom. The summed E-state index contributed by atoms with van der Waals surface area (Å²) >= 11 is 0. The van der Waals surface area contributed by atoms with Gasteiger partial charge in [0, 0.05) is 360 Å². The Bertz CT molecular complexity index is 396. The summed E-state index contributed by atoms with van der Waals surface area (Å²) in [5, 5.41) is 2.47. The van der Waals surface area contributed by atoms with E-state index in [-0.39, 0.29) is 360 Å². The summed E-state index contributed by atoms with van der Waals surface area (Å²) in [4.78, 5) is 0. The summed E-state index contributed by atoms with van der Waals surface area (Å²) in [5.41, 5.74) is 1.18. The van der Waals surface area contributed by atoms with E-state index >= 15 is 0 Å². The molecule has 0 fully saturated rings. The molecule has 22 heavy (non-hydrogen) atoms. The molecule has 0 amide bonds. The van der Waals surface area contributed by atoms with Gasteiger partial charge in [-0.15, -0.1) is 0 Å². The van der Waals surface area contributed by atoms with Crippen molar-refractivity contribution in [3.05, 3.63) is 48.0 Å². The number of benzene rings is 2. The van der Waals surface area contributed by atoms with Crippen LogP contribution in [0.4, 0.5) is 0 Å². The average Bonchev–Trinajstić information content (AvgIpc) is 2.04. The van der Waals surface area contributed by atoms with Crippen LogP contribution in [-0.2, 0) is 360 Å². The number of rotatable bonds is 0. The van der Waals surface area contributed by atoms with Gasteiger partial charge in [-0.3, -0.25) is 0 Å². The Kier molecular flexibility index (Phi) is 122. The quantitative estimate of drug-likeness (QED) is 0.357. The molecule has 0 unspecified atom stereocenters. The largest absolute Gasteiger partial charge is 0.185 e. The molecule has 0 aliphatic heterocycles. The predicted octanol–water partition coefficient (Wildman–Crippen LogP) is 2.72. The van der Waals surface area contributed by atoms with Crippen LogP contribution in [0.5, 0.6) is 0 Å². The van der Waals surface area contributed by atoms with Crippen LogP contribution in [0.3, 0.4) is 0 Å². The van der Waals surface area contributed by atoms with Crippen LogP contribution in [0.25, 0.3) is 10.8 Å².